The summed E-state index contributed by atoms with van der Waals surface area (Å²) in [5.74, 6) is 2.59. The van der Waals surface area contributed by atoms with Crippen LogP contribution < -0.4 is 4.74 Å². The quantitative estimate of drug-likeness (QED) is 0.225. The van der Waals surface area contributed by atoms with E-state index in [-0.39, 0.29) is 5.92 Å². The van der Waals surface area contributed by atoms with E-state index in [1.54, 1.807) is 0 Å². The van der Waals surface area contributed by atoms with Gasteiger partial charge in [-0.05, 0) is 56.9 Å². The number of furan rings is 1. The van der Waals surface area contributed by atoms with Gasteiger partial charge in [0.1, 0.15) is 22.9 Å². The van der Waals surface area contributed by atoms with Crippen LogP contribution in [0.25, 0.3) is 33.7 Å². The fraction of sp³-hybridized carbons (Fsp3) is 0.269. The van der Waals surface area contributed by atoms with E-state index in [2.05, 4.69) is 36.6 Å². The van der Waals surface area contributed by atoms with Gasteiger partial charge in [-0.25, -0.2) is 14.9 Å². The molecule has 0 spiro atoms. The molecule has 0 unspecified atom stereocenters. The van der Waals surface area contributed by atoms with Gasteiger partial charge >= 0.3 is 6.16 Å². The summed E-state index contributed by atoms with van der Waals surface area (Å²) in [6.45, 7) is 2.44. The molecule has 37 heavy (non-hydrogen) atoms. The number of imidazole rings is 1. The van der Waals surface area contributed by atoms with Crippen molar-refractivity contribution in [3.05, 3.63) is 64.0 Å². The van der Waals surface area contributed by atoms with E-state index >= 15 is 0 Å². The average molecular weight is 563 g/mol. The Kier molecular flexibility index (Phi) is 5.99. The summed E-state index contributed by atoms with van der Waals surface area (Å²) in [5, 5.41) is 24.6. The lowest BCUT2D eigenvalue weighted by Crippen LogP contribution is -2.15. The molecule has 6 rings (SSSR count). The highest BCUT2D eigenvalue weighted by Gasteiger charge is 2.30. The molecule has 0 amide bonds. The Morgan fingerprint density at radius 2 is 2.05 bits per heavy atom. The molecular formula is C26H23BrN6O4. The van der Waals surface area contributed by atoms with Crippen molar-refractivity contribution in [2.75, 3.05) is 0 Å². The molecule has 0 saturated heterocycles. The number of nitrogens with zero attached hydrogens (tertiary/aromatic N) is 5. The largest absolute Gasteiger partial charge is 0.512 e. The molecule has 0 bridgehead atoms. The van der Waals surface area contributed by atoms with Gasteiger partial charge in [-0.2, -0.15) is 0 Å². The Hall–Kier alpha value is -3.99. The maximum atomic E-state index is 11.5. The number of nitrogens with one attached hydrogen (secondary N) is 1. The Labute approximate surface area is 219 Å². The molecule has 0 radical (unpaired) electrons. The number of carbonyl (C=O) groups is 1. The number of fused-ring (bicyclic) bond motifs is 1. The number of rotatable bonds is 7. The number of ether oxygens (including phenoxy) is 1. The van der Waals surface area contributed by atoms with Crippen molar-refractivity contribution in [2.24, 2.45) is 0 Å². The first kappa shape index (κ1) is 23.4. The van der Waals surface area contributed by atoms with Gasteiger partial charge in [0, 0.05) is 28.9 Å². The van der Waals surface area contributed by atoms with Crippen molar-refractivity contribution in [3.63, 3.8) is 0 Å². The monoisotopic (exact) mass is 562 g/mol. The Morgan fingerprint density at radius 3 is 2.73 bits per heavy atom. The van der Waals surface area contributed by atoms with Crippen molar-refractivity contribution in [1.82, 2.24) is 30.2 Å². The zero-order valence-electron chi connectivity index (χ0n) is 19.9. The highest BCUT2D eigenvalue weighted by atomic mass is 79.9. The Bertz CT molecular complexity index is 1600. The summed E-state index contributed by atoms with van der Waals surface area (Å²) in [6, 6.07) is 13.7. The number of carboxylic acid groups (broad SMARTS) is 1. The zero-order valence-corrected chi connectivity index (χ0v) is 21.5. The lowest BCUT2D eigenvalue weighted by molar-refractivity contribution is 0.139. The molecule has 3 heterocycles. The second-order valence-corrected chi connectivity index (χ2v) is 9.82. The molecule has 1 fully saturated rings. The molecule has 10 nitrogen and oxygen atoms in total. The van der Waals surface area contributed by atoms with Crippen molar-refractivity contribution >= 4 is 33.1 Å². The summed E-state index contributed by atoms with van der Waals surface area (Å²) in [6.07, 6.45) is 2.45. The molecule has 5 aromatic rings. The molecule has 2 aromatic carbocycles. The fourth-order valence-electron chi connectivity index (χ4n) is 4.80. The highest BCUT2D eigenvalue weighted by Crippen LogP contribution is 2.43. The van der Waals surface area contributed by atoms with Crippen LogP contribution in [0.1, 0.15) is 49.2 Å². The molecule has 11 heteroatoms. The van der Waals surface area contributed by atoms with E-state index in [0.717, 1.165) is 62.9 Å². The molecule has 1 aliphatic rings. The number of hydrogen-bond acceptors (Lipinski definition) is 7. The van der Waals surface area contributed by atoms with Gasteiger partial charge in [-0.1, -0.05) is 43.7 Å². The summed E-state index contributed by atoms with van der Waals surface area (Å²) in [7, 11) is 0. The first-order chi connectivity index (χ1) is 18.0. The van der Waals surface area contributed by atoms with Gasteiger partial charge in [-0.15, -0.1) is 5.10 Å². The molecule has 0 atom stereocenters. The van der Waals surface area contributed by atoms with Crippen molar-refractivity contribution in [2.45, 2.75) is 45.1 Å². The van der Waals surface area contributed by atoms with Gasteiger partial charge in [0.25, 0.3) is 0 Å². The average Bonchev–Trinajstić information content (AvgIpc) is 3.58. The minimum Gasteiger partial charge on any atom is -0.455 e. The number of aromatic nitrogens is 6. The third-order valence-corrected chi connectivity index (χ3v) is 7.61. The van der Waals surface area contributed by atoms with Crippen LogP contribution in [0.5, 0.6) is 5.88 Å². The normalized spacial score (nSPS) is 13.7. The summed E-state index contributed by atoms with van der Waals surface area (Å²) >= 11 is 3.74. The second kappa shape index (κ2) is 9.47. The number of tetrazole rings is 1. The predicted molar refractivity (Wildman–Crippen MR) is 138 cm³/mol. The van der Waals surface area contributed by atoms with E-state index in [1.807, 2.05) is 54.0 Å². The Balaban J connectivity index is 1.40. The number of aryl methyl sites for hydroxylation is 1. The van der Waals surface area contributed by atoms with Crippen LogP contribution in [0.3, 0.4) is 0 Å². The lowest BCUT2D eigenvalue weighted by Gasteiger charge is -2.24. The van der Waals surface area contributed by atoms with Gasteiger partial charge in [-0.3, -0.25) is 4.57 Å². The zero-order chi connectivity index (χ0) is 25.5. The maximum Gasteiger partial charge on any atom is 0.512 e. The fourth-order valence-corrected chi connectivity index (χ4v) is 5.41. The summed E-state index contributed by atoms with van der Waals surface area (Å²) in [5.41, 5.74) is 4.09. The van der Waals surface area contributed by atoms with Crippen LogP contribution >= 0.6 is 15.9 Å². The minimum atomic E-state index is -1.33. The van der Waals surface area contributed by atoms with Crippen LogP contribution in [-0.2, 0) is 13.0 Å². The Morgan fingerprint density at radius 1 is 1.24 bits per heavy atom. The molecular weight excluding hydrogens is 540 g/mol. The topological polar surface area (TPSA) is 132 Å². The second-order valence-electron chi connectivity index (χ2n) is 9.03. The van der Waals surface area contributed by atoms with E-state index in [1.165, 1.54) is 0 Å². The SMILES string of the molecule is CCc1nc(C2CCC2)c(OC(=O)O)n1Cc1ccc2oc(-c3ccccc3-c3nnn[nH]3)c(Br)c2c1. The third kappa shape index (κ3) is 4.18. The van der Waals surface area contributed by atoms with Crippen molar-refractivity contribution in [3.8, 4) is 28.6 Å². The van der Waals surface area contributed by atoms with E-state index in [9.17, 15) is 9.90 Å². The van der Waals surface area contributed by atoms with Crippen molar-refractivity contribution < 1.29 is 19.1 Å². The first-order valence-corrected chi connectivity index (χ1v) is 12.9. The smallest absolute Gasteiger partial charge is 0.455 e. The van der Waals surface area contributed by atoms with Gasteiger partial charge in [0.15, 0.2) is 5.82 Å². The number of halogens is 1. The minimum absolute atomic E-state index is 0.244. The first-order valence-electron chi connectivity index (χ1n) is 12.1. The number of aromatic amines is 1. The van der Waals surface area contributed by atoms with Crippen LogP contribution in [0.15, 0.2) is 51.4 Å². The van der Waals surface area contributed by atoms with Crippen LogP contribution in [-0.4, -0.2) is 41.4 Å². The van der Waals surface area contributed by atoms with E-state index < -0.39 is 6.16 Å². The number of hydrogen-bond donors (Lipinski definition) is 2. The molecule has 1 saturated carbocycles. The van der Waals surface area contributed by atoms with Crippen LogP contribution in [0.2, 0.25) is 0 Å². The van der Waals surface area contributed by atoms with Gasteiger partial charge in [0.2, 0.25) is 5.88 Å². The van der Waals surface area contributed by atoms with Crippen LogP contribution in [0, 0.1) is 0 Å². The standard InChI is InChI=1S/C26H23BrN6O4/c1-2-20-28-22(15-6-5-7-15)25(37-26(34)35)33(20)13-14-10-11-19-18(12-14)21(27)23(36-19)16-8-3-4-9-17(16)24-29-31-32-30-24/h3-4,8-12,15H,2,5-7,13H2,1H3,(H,34,35)(H,29,30,31,32). The van der Waals surface area contributed by atoms with Crippen LogP contribution in [0.4, 0.5) is 4.79 Å². The molecule has 2 N–H and O–H groups in total. The number of benzene rings is 2. The van der Waals surface area contributed by atoms with E-state index in [0.29, 0.717) is 30.4 Å². The predicted octanol–water partition coefficient (Wildman–Crippen LogP) is 6.17. The highest BCUT2D eigenvalue weighted by molar-refractivity contribution is 9.10. The number of H-pyrrole nitrogens is 1. The van der Waals surface area contributed by atoms with Crippen molar-refractivity contribution in [1.29, 1.82) is 0 Å². The molecule has 1 aliphatic carbocycles. The maximum absolute atomic E-state index is 11.5. The summed E-state index contributed by atoms with van der Waals surface area (Å²) in [4.78, 5) is 16.3. The summed E-state index contributed by atoms with van der Waals surface area (Å²) < 4.78 is 14.2. The molecule has 0 aliphatic heterocycles. The lowest BCUT2D eigenvalue weighted by atomic mass is 9.83. The third-order valence-electron chi connectivity index (χ3n) is 6.82. The molecule has 188 valence electrons. The molecule has 3 aromatic heterocycles. The van der Waals surface area contributed by atoms with Gasteiger partial charge in [0.05, 0.1) is 11.0 Å². The van der Waals surface area contributed by atoms with Gasteiger partial charge < -0.3 is 14.3 Å². The van der Waals surface area contributed by atoms with E-state index in [4.69, 9.17) is 14.1 Å².